The lowest BCUT2D eigenvalue weighted by atomic mass is 10.2. The van der Waals surface area contributed by atoms with Crippen molar-refractivity contribution in [3.8, 4) is 0 Å². The minimum absolute atomic E-state index is 0.218. The number of rotatable bonds is 4. The molecule has 1 aromatic rings. The van der Waals surface area contributed by atoms with E-state index in [2.05, 4.69) is 10.0 Å². The van der Waals surface area contributed by atoms with Crippen molar-refractivity contribution < 1.29 is 13.3 Å². The molecule has 1 saturated heterocycles. The van der Waals surface area contributed by atoms with Crippen molar-refractivity contribution in [2.45, 2.75) is 24.3 Å². The van der Waals surface area contributed by atoms with Gasteiger partial charge in [0.25, 0.3) is 5.69 Å². The van der Waals surface area contributed by atoms with Crippen LogP contribution in [0.1, 0.15) is 12.0 Å². The molecule has 1 fully saturated rings. The van der Waals surface area contributed by atoms with Gasteiger partial charge < -0.3 is 5.32 Å². The topological polar surface area (TPSA) is 101 Å². The predicted molar refractivity (Wildman–Crippen MR) is 69.4 cm³/mol. The summed E-state index contributed by atoms with van der Waals surface area (Å²) in [6, 6.07) is 4.01. The number of nitro benzene ring substituents is 1. The van der Waals surface area contributed by atoms with E-state index in [9.17, 15) is 18.5 Å². The average molecular weight is 285 g/mol. The molecule has 0 saturated carbocycles. The molecule has 0 spiro atoms. The van der Waals surface area contributed by atoms with Crippen molar-refractivity contribution in [1.82, 2.24) is 10.0 Å². The van der Waals surface area contributed by atoms with E-state index in [-0.39, 0.29) is 10.9 Å². The fraction of sp³-hybridized carbons (Fsp3) is 0.455. The zero-order valence-electron chi connectivity index (χ0n) is 10.4. The van der Waals surface area contributed by atoms with Gasteiger partial charge in [-0.15, -0.1) is 0 Å². The van der Waals surface area contributed by atoms with Gasteiger partial charge in [-0.25, -0.2) is 13.1 Å². The Morgan fingerprint density at radius 1 is 1.47 bits per heavy atom. The van der Waals surface area contributed by atoms with Gasteiger partial charge in [-0.2, -0.15) is 0 Å². The van der Waals surface area contributed by atoms with E-state index in [1.54, 1.807) is 13.0 Å². The van der Waals surface area contributed by atoms with Crippen molar-refractivity contribution in [3.05, 3.63) is 33.9 Å². The Labute approximate surface area is 111 Å². The lowest BCUT2D eigenvalue weighted by Crippen LogP contribution is -2.36. The first-order valence-corrected chi connectivity index (χ1v) is 7.37. The zero-order chi connectivity index (χ0) is 14.0. The number of nitrogens with zero attached hydrogens (tertiary/aromatic N) is 1. The van der Waals surface area contributed by atoms with Crippen LogP contribution in [0.3, 0.4) is 0 Å². The van der Waals surface area contributed by atoms with Crippen molar-refractivity contribution >= 4 is 15.7 Å². The second-order valence-corrected chi connectivity index (χ2v) is 6.14. The highest BCUT2D eigenvalue weighted by Crippen LogP contribution is 2.27. The number of sulfonamides is 1. The van der Waals surface area contributed by atoms with Crippen LogP contribution in [0.2, 0.25) is 0 Å². The monoisotopic (exact) mass is 285 g/mol. The fourth-order valence-corrected chi connectivity index (χ4v) is 3.83. The van der Waals surface area contributed by atoms with Crippen LogP contribution in [0, 0.1) is 17.0 Å². The molecular weight excluding hydrogens is 270 g/mol. The molecule has 2 N–H and O–H groups in total. The molecule has 1 aromatic carbocycles. The van der Waals surface area contributed by atoms with Crippen LogP contribution in [0.5, 0.6) is 0 Å². The van der Waals surface area contributed by atoms with Crippen molar-refractivity contribution in [1.29, 1.82) is 0 Å². The van der Waals surface area contributed by atoms with Gasteiger partial charge >= 0.3 is 0 Å². The summed E-state index contributed by atoms with van der Waals surface area (Å²) in [6.45, 7) is 2.83. The third kappa shape index (κ3) is 2.91. The van der Waals surface area contributed by atoms with Gasteiger partial charge in [0.2, 0.25) is 10.0 Å². The molecule has 19 heavy (non-hydrogen) atoms. The van der Waals surface area contributed by atoms with Crippen LogP contribution in [0.25, 0.3) is 0 Å². The summed E-state index contributed by atoms with van der Waals surface area (Å²) in [4.78, 5) is 10.0. The Bertz CT molecular complexity index is 594. The van der Waals surface area contributed by atoms with Crippen LogP contribution in [-0.2, 0) is 10.0 Å². The van der Waals surface area contributed by atoms with E-state index >= 15 is 0 Å². The molecule has 1 aliphatic rings. The molecule has 0 radical (unpaired) electrons. The van der Waals surface area contributed by atoms with Crippen LogP contribution >= 0.6 is 0 Å². The summed E-state index contributed by atoms with van der Waals surface area (Å²) in [5, 5.41) is 14.0. The van der Waals surface area contributed by atoms with Gasteiger partial charge in [0, 0.05) is 18.7 Å². The molecule has 7 nitrogen and oxygen atoms in total. The number of nitrogens with one attached hydrogen (secondary N) is 2. The van der Waals surface area contributed by atoms with Crippen molar-refractivity contribution in [2.24, 2.45) is 0 Å². The number of benzene rings is 1. The van der Waals surface area contributed by atoms with Crippen LogP contribution < -0.4 is 10.0 Å². The number of nitro groups is 1. The summed E-state index contributed by atoms with van der Waals surface area (Å²) in [5.41, 5.74) is -0.0221. The molecule has 1 atom stereocenters. The van der Waals surface area contributed by atoms with Crippen LogP contribution in [0.15, 0.2) is 23.1 Å². The van der Waals surface area contributed by atoms with Crippen molar-refractivity contribution in [3.63, 3.8) is 0 Å². The molecule has 0 amide bonds. The maximum atomic E-state index is 12.3. The number of hydrogen-bond donors (Lipinski definition) is 2. The quantitative estimate of drug-likeness (QED) is 0.621. The standard InChI is InChI=1S/C11H15N3O4S/c1-8-3-2-4-10(14(15)16)11(8)19(17,18)13-9-5-6-12-7-9/h2-4,9,12-13H,5-7H2,1H3. The first-order chi connectivity index (χ1) is 8.92. The second kappa shape index (κ2) is 5.24. The molecular formula is C11H15N3O4S. The van der Waals surface area contributed by atoms with E-state index in [4.69, 9.17) is 0 Å². The van der Waals surface area contributed by atoms with Gasteiger partial charge in [-0.1, -0.05) is 12.1 Å². The zero-order valence-corrected chi connectivity index (χ0v) is 11.2. The normalized spacial score (nSPS) is 19.5. The SMILES string of the molecule is Cc1cccc([N+](=O)[O-])c1S(=O)(=O)NC1CCNC1. The Morgan fingerprint density at radius 3 is 2.79 bits per heavy atom. The third-order valence-corrected chi connectivity index (χ3v) is 4.75. The molecule has 104 valence electrons. The van der Waals surface area contributed by atoms with Gasteiger partial charge in [-0.05, 0) is 25.5 Å². The summed E-state index contributed by atoms with van der Waals surface area (Å²) < 4.78 is 27.1. The van der Waals surface area contributed by atoms with Crippen LogP contribution in [-0.4, -0.2) is 32.5 Å². The lowest BCUT2D eigenvalue weighted by Gasteiger charge is -2.13. The third-order valence-electron chi connectivity index (χ3n) is 3.04. The summed E-state index contributed by atoms with van der Waals surface area (Å²) >= 11 is 0. The molecule has 1 heterocycles. The van der Waals surface area contributed by atoms with Gasteiger partial charge in [0.1, 0.15) is 0 Å². The lowest BCUT2D eigenvalue weighted by molar-refractivity contribution is -0.387. The predicted octanol–water partition coefficient (Wildman–Crippen LogP) is 0.543. The van der Waals surface area contributed by atoms with E-state index in [0.717, 1.165) is 6.54 Å². The summed E-state index contributed by atoms with van der Waals surface area (Å²) in [5.74, 6) is 0. The smallest absolute Gasteiger partial charge is 0.289 e. The van der Waals surface area contributed by atoms with Crippen LogP contribution in [0.4, 0.5) is 5.69 Å². The number of hydrogen-bond acceptors (Lipinski definition) is 5. The Morgan fingerprint density at radius 2 is 2.21 bits per heavy atom. The molecule has 1 aliphatic heterocycles. The van der Waals surface area contributed by atoms with Gasteiger partial charge in [0.05, 0.1) is 4.92 Å². The minimum Gasteiger partial charge on any atom is -0.315 e. The fourth-order valence-electron chi connectivity index (χ4n) is 2.16. The van der Waals surface area contributed by atoms with E-state index in [1.807, 2.05) is 0 Å². The Hall–Kier alpha value is -1.51. The number of aryl methyl sites for hydroxylation is 1. The maximum absolute atomic E-state index is 12.3. The minimum atomic E-state index is -3.88. The first kappa shape index (κ1) is 13.9. The van der Waals surface area contributed by atoms with E-state index in [1.165, 1.54) is 12.1 Å². The molecule has 1 unspecified atom stereocenters. The summed E-state index contributed by atoms with van der Waals surface area (Å²) in [6.07, 6.45) is 0.679. The Balaban J connectivity index is 2.41. The Kier molecular flexibility index (Phi) is 3.83. The molecule has 0 aromatic heterocycles. The molecule has 8 heteroatoms. The maximum Gasteiger partial charge on any atom is 0.289 e. The van der Waals surface area contributed by atoms with E-state index in [0.29, 0.717) is 18.5 Å². The second-order valence-electron chi connectivity index (χ2n) is 4.49. The first-order valence-electron chi connectivity index (χ1n) is 5.89. The highest BCUT2D eigenvalue weighted by Gasteiger charge is 2.30. The van der Waals surface area contributed by atoms with Gasteiger partial charge in [-0.3, -0.25) is 10.1 Å². The average Bonchev–Trinajstić information content (AvgIpc) is 2.80. The van der Waals surface area contributed by atoms with E-state index < -0.39 is 20.6 Å². The van der Waals surface area contributed by atoms with Gasteiger partial charge in [0.15, 0.2) is 4.90 Å². The molecule has 0 bridgehead atoms. The molecule has 0 aliphatic carbocycles. The van der Waals surface area contributed by atoms with Crippen molar-refractivity contribution in [2.75, 3.05) is 13.1 Å². The highest BCUT2D eigenvalue weighted by molar-refractivity contribution is 7.89. The summed E-state index contributed by atoms with van der Waals surface area (Å²) in [7, 11) is -3.88. The highest BCUT2D eigenvalue weighted by atomic mass is 32.2. The largest absolute Gasteiger partial charge is 0.315 e. The molecule has 2 rings (SSSR count).